The zero-order valence-corrected chi connectivity index (χ0v) is 10.0. The molecule has 17 heavy (non-hydrogen) atoms. The number of aryl methyl sites for hydroxylation is 1. The standard InChI is InChI=1S/C14H10ClNO/c1-16-13-8-12(15)10-5-3-2-4-9(10)11(13)6-7-14(16)17/h2-8H,1H3. The molecule has 0 aliphatic carbocycles. The van der Waals surface area contributed by atoms with Crippen LogP contribution < -0.4 is 5.56 Å². The van der Waals surface area contributed by atoms with E-state index in [4.69, 9.17) is 11.6 Å². The average molecular weight is 244 g/mol. The van der Waals surface area contributed by atoms with Gasteiger partial charge in [0.1, 0.15) is 0 Å². The van der Waals surface area contributed by atoms with Gasteiger partial charge in [-0.2, -0.15) is 0 Å². The quantitative estimate of drug-likeness (QED) is 0.555. The number of halogens is 1. The predicted molar refractivity (Wildman–Crippen MR) is 71.7 cm³/mol. The van der Waals surface area contributed by atoms with Crippen molar-refractivity contribution >= 4 is 33.3 Å². The second-order valence-electron chi connectivity index (χ2n) is 4.07. The Morgan fingerprint density at radius 3 is 2.47 bits per heavy atom. The molecule has 1 aromatic heterocycles. The van der Waals surface area contributed by atoms with Crippen LogP contribution in [0.4, 0.5) is 0 Å². The van der Waals surface area contributed by atoms with E-state index in [-0.39, 0.29) is 5.56 Å². The molecule has 2 nitrogen and oxygen atoms in total. The Balaban J connectivity index is 2.67. The monoisotopic (exact) mass is 243 g/mol. The zero-order valence-electron chi connectivity index (χ0n) is 9.27. The maximum Gasteiger partial charge on any atom is 0.250 e. The molecule has 0 unspecified atom stereocenters. The molecule has 0 fully saturated rings. The van der Waals surface area contributed by atoms with Crippen LogP contribution in [0.3, 0.4) is 0 Å². The Morgan fingerprint density at radius 1 is 1.00 bits per heavy atom. The lowest BCUT2D eigenvalue weighted by molar-refractivity contribution is 0.907. The van der Waals surface area contributed by atoms with E-state index in [9.17, 15) is 4.79 Å². The van der Waals surface area contributed by atoms with Crippen molar-refractivity contribution in [2.75, 3.05) is 0 Å². The minimum absolute atomic E-state index is 0.0242. The minimum Gasteiger partial charge on any atom is -0.311 e. The van der Waals surface area contributed by atoms with Gasteiger partial charge in [-0.05, 0) is 17.5 Å². The SMILES string of the molecule is Cn1c(=O)ccc2c3ccccc3c(Cl)cc21. The van der Waals surface area contributed by atoms with E-state index in [1.807, 2.05) is 36.4 Å². The summed E-state index contributed by atoms with van der Waals surface area (Å²) < 4.78 is 1.62. The smallest absolute Gasteiger partial charge is 0.250 e. The van der Waals surface area contributed by atoms with Crippen molar-refractivity contribution in [1.82, 2.24) is 4.57 Å². The number of rotatable bonds is 0. The summed E-state index contributed by atoms with van der Waals surface area (Å²) >= 11 is 6.24. The highest BCUT2D eigenvalue weighted by Crippen LogP contribution is 2.30. The number of nitrogens with zero attached hydrogens (tertiary/aromatic N) is 1. The number of hydrogen-bond donors (Lipinski definition) is 0. The lowest BCUT2D eigenvalue weighted by atomic mass is 10.1. The third-order valence-corrected chi connectivity index (χ3v) is 3.41. The lowest BCUT2D eigenvalue weighted by Gasteiger charge is -2.09. The first-order valence-electron chi connectivity index (χ1n) is 5.35. The van der Waals surface area contributed by atoms with Crippen LogP contribution in [0.15, 0.2) is 47.3 Å². The van der Waals surface area contributed by atoms with E-state index in [1.165, 1.54) is 0 Å². The number of aromatic nitrogens is 1. The number of hydrogen-bond acceptors (Lipinski definition) is 1. The first-order chi connectivity index (χ1) is 8.18. The van der Waals surface area contributed by atoms with Crippen molar-refractivity contribution in [3.63, 3.8) is 0 Å². The van der Waals surface area contributed by atoms with Gasteiger partial charge in [-0.25, -0.2) is 0 Å². The molecule has 0 saturated heterocycles. The predicted octanol–water partition coefficient (Wildman–Crippen LogP) is 3.35. The fourth-order valence-electron chi connectivity index (χ4n) is 2.18. The van der Waals surface area contributed by atoms with Gasteiger partial charge in [-0.1, -0.05) is 35.9 Å². The van der Waals surface area contributed by atoms with Crippen molar-refractivity contribution in [1.29, 1.82) is 0 Å². The Hall–Kier alpha value is -1.80. The van der Waals surface area contributed by atoms with Crippen LogP contribution in [0.5, 0.6) is 0 Å². The summed E-state index contributed by atoms with van der Waals surface area (Å²) in [7, 11) is 1.76. The lowest BCUT2D eigenvalue weighted by Crippen LogP contribution is -2.15. The van der Waals surface area contributed by atoms with Crippen molar-refractivity contribution in [3.05, 3.63) is 57.8 Å². The van der Waals surface area contributed by atoms with Crippen molar-refractivity contribution < 1.29 is 0 Å². The third-order valence-electron chi connectivity index (χ3n) is 3.10. The molecular formula is C14H10ClNO. The van der Waals surface area contributed by atoms with Crippen molar-refractivity contribution in [2.45, 2.75) is 0 Å². The summed E-state index contributed by atoms with van der Waals surface area (Å²) in [6.07, 6.45) is 0. The molecule has 3 aromatic rings. The Morgan fingerprint density at radius 2 is 1.71 bits per heavy atom. The highest BCUT2D eigenvalue weighted by molar-refractivity contribution is 6.37. The Bertz CT molecular complexity index is 789. The molecule has 0 aliphatic rings. The van der Waals surface area contributed by atoms with E-state index < -0.39 is 0 Å². The van der Waals surface area contributed by atoms with Gasteiger partial charge in [0.15, 0.2) is 0 Å². The van der Waals surface area contributed by atoms with Gasteiger partial charge in [0.2, 0.25) is 0 Å². The van der Waals surface area contributed by atoms with Crippen LogP contribution in [0.25, 0.3) is 21.7 Å². The van der Waals surface area contributed by atoms with E-state index in [0.29, 0.717) is 5.02 Å². The molecule has 0 aliphatic heterocycles. The molecular weight excluding hydrogens is 234 g/mol. The highest BCUT2D eigenvalue weighted by Gasteiger charge is 2.06. The van der Waals surface area contributed by atoms with Crippen LogP contribution in [-0.2, 0) is 7.05 Å². The van der Waals surface area contributed by atoms with Gasteiger partial charge >= 0.3 is 0 Å². The topological polar surface area (TPSA) is 22.0 Å². The fraction of sp³-hybridized carbons (Fsp3) is 0.0714. The summed E-state index contributed by atoms with van der Waals surface area (Å²) in [5.74, 6) is 0. The minimum atomic E-state index is -0.0242. The summed E-state index contributed by atoms with van der Waals surface area (Å²) in [5.41, 5.74) is 0.838. The molecule has 0 amide bonds. The summed E-state index contributed by atoms with van der Waals surface area (Å²) in [6.45, 7) is 0. The van der Waals surface area contributed by atoms with Crippen molar-refractivity contribution in [3.8, 4) is 0 Å². The number of benzene rings is 2. The number of pyridine rings is 1. The van der Waals surface area contributed by atoms with Crippen LogP contribution in [0, 0.1) is 0 Å². The van der Waals surface area contributed by atoms with E-state index in [2.05, 4.69) is 0 Å². The first-order valence-corrected chi connectivity index (χ1v) is 5.73. The van der Waals surface area contributed by atoms with Crippen LogP contribution >= 0.6 is 11.6 Å². The second kappa shape index (κ2) is 3.60. The van der Waals surface area contributed by atoms with E-state index in [0.717, 1.165) is 21.7 Å². The molecule has 0 radical (unpaired) electrons. The summed E-state index contributed by atoms with van der Waals surface area (Å²) in [4.78, 5) is 11.6. The number of fused-ring (bicyclic) bond motifs is 3. The highest BCUT2D eigenvalue weighted by atomic mass is 35.5. The van der Waals surface area contributed by atoms with Gasteiger partial charge in [0.05, 0.1) is 10.5 Å². The molecule has 1 heterocycles. The molecule has 84 valence electrons. The molecule has 0 bridgehead atoms. The largest absolute Gasteiger partial charge is 0.311 e. The van der Waals surface area contributed by atoms with Gasteiger partial charge in [-0.3, -0.25) is 4.79 Å². The van der Waals surface area contributed by atoms with Crippen LogP contribution in [-0.4, -0.2) is 4.57 Å². The van der Waals surface area contributed by atoms with E-state index in [1.54, 1.807) is 17.7 Å². The average Bonchev–Trinajstić information content (AvgIpc) is 2.35. The Labute approximate surface area is 103 Å². The van der Waals surface area contributed by atoms with Crippen LogP contribution in [0.1, 0.15) is 0 Å². The van der Waals surface area contributed by atoms with Gasteiger partial charge in [0, 0.05) is 23.9 Å². The van der Waals surface area contributed by atoms with Gasteiger partial charge in [0.25, 0.3) is 5.56 Å². The summed E-state index contributed by atoms with van der Waals surface area (Å²) in [5, 5.41) is 3.81. The maximum absolute atomic E-state index is 11.6. The van der Waals surface area contributed by atoms with E-state index >= 15 is 0 Å². The first kappa shape index (κ1) is 10.4. The molecule has 3 rings (SSSR count). The van der Waals surface area contributed by atoms with Gasteiger partial charge in [-0.15, -0.1) is 0 Å². The third kappa shape index (κ3) is 1.45. The molecule has 0 spiro atoms. The second-order valence-corrected chi connectivity index (χ2v) is 4.47. The normalized spacial score (nSPS) is 11.2. The zero-order chi connectivity index (χ0) is 12.0. The van der Waals surface area contributed by atoms with Crippen molar-refractivity contribution in [2.24, 2.45) is 7.05 Å². The van der Waals surface area contributed by atoms with Gasteiger partial charge < -0.3 is 4.57 Å². The molecule has 0 N–H and O–H groups in total. The molecule has 3 heteroatoms. The molecule has 0 atom stereocenters. The Kier molecular flexibility index (Phi) is 2.20. The maximum atomic E-state index is 11.6. The fourth-order valence-corrected chi connectivity index (χ4v) is 2.45. The molecule has 0 saturated carbocycles. The summed E-state index contributed by atoms with van der Waals surface area (Å²) in [6, 6.07) is 13.2. The van der Waals surface area contributed by atoms with Crippen LogP contribution in [0.2, 0.25) is 5.02 Å². The molecule has 2 aromatic carbocycles.